The van der Waals surface area contributed by atoms with Gasteiger partial charge in [0.2, 0.25) is 0 Å². The first-order chi connectivity index (χ1) is 8.96. The highest BCUT2D eigenvalue weighted by molar-refractivity contribution is 5.01. The molecule has 112 valence electrons. The van der Waals surface area contributed by atoms with E-state index in [1.54, 1.807) is 0 Å². The van der Waals surface area contributed by atoms with E-state index in [0.717, 1.165) is 12.8 Å². The maximum absolute atomic E-state index is 9.79. The number of aliphatic hydroxyl groups excluding tert-OH is 1. The predicted molar refractivity (Wildman–Crippen MR) is 79.4 cm³/mol. The minimum Gasteiger partial charge on any atom is -0.394 e. The van der Waals surface area contributed by atoms with Crippen molar-refractivity contribution in [3.05, 3.63) is 0 Å². The number of hydrogen-bond donors (Lipinski definition) is 2. The van der Waals surface area contributed by atoms with Crippen molar-refractivity contribution in [1.29, 1.82) is 0 Å². The van der Waals surface area contributed by atoms with E-state index in [1.165, 1.54) is 26.1 Å². The molecule has 2 N–H and O–H groups in total. The SMILES string of the molecule is CC(C)NC1(CO)CCC(N2CCN(C)C(C)C2)C1. The van der Waals surface area contributed by atoms with E-state index in [0.29, 0.717) is 18.1 Å². The summed E-state index contributed by atoms with van der Waals surface area (Å²) in [4.78, 5) is 5.08. The van der Waals surface area contributed by atoms with Gasteiger partial charge in [0, 0.05) is 43.3 Å². The third kappa shape index (κ3) is 3.48. The third-order valence-corrected chi connectivity index (χ3v) is 4.99. The van der Waals surface area contributed by atoms with E-state index in [1.807, 2.05) is 0 Å². The van der Waals surface area contributed by atoms with Crippen LogP contribution in [-0.4, -0.2) is 71.9 Å². The Labute approximate surface area is 118 Å². The van der Waals surface area contributed by atoms with Crippen LogP contribution in [-0.2, 0) is 0 Å². The van der Waals surface area contributed by atoms with Gasteiger partial charge in [-0.2, -0.15) is 0 Å². The fourth-order valence-corrected chi connectivity index (χ4v) is 3.75. The van der Waals surface area contributed by atoms with Gasteiger partial charge in [0.05, 0.1) is 6.61 Å². The lowest BCUT2D eigenvalue weighted by atomic mass is 9.97. The predicted octanol–water partition coefficient (Wildman–Crippen LogP) is 0.904. The van der Waals surface area contributed by atoms with Crippen LogP contribution >= 0.6 is 0 Å². The standard InChI is InChI=1S/C15H31N3O/c1-12(2)16-15(11-19)6-5-14(9-15)18-8-7-17(4)13(3)10-18/h12-14,16,19H,5-11H2,1-4H3. The number of hydrogen-bond acceptors (Lipinski definition) is 4. The Morgan fingerprint density at radius 1 is 1.37 bits per heavy atom. The third-order valence-electron chi connectivity index (χ3n) is 4.99. The number of rotatable bonds is 4. The summed E-state index contributed by atoms with van der Waals surface area (Å²) in [7, 11) is 2.22. The molecule has 19 heavy (non-hydrogen) atoms. The molecule has 1 aliphatic carbocycles. The van der Waals surface area contributed by atoms with Crippen LogP contribution in [0, 0.1) is 0 Å². The Balaban J connectivity index is 1.93. The van der Waals surface area contributed by atoms with Crippen molar-refractivity contribution in [2.45, 2.75) is 63.7 Å². The molecule has 0 aromatic rings. The summed E-state index contributed by atoms with van der Waals surface area (Å²) in [5, 5.41) is 13.4. The molecular weight excluding hydrogens is 238 g/mol. The first-order valence-electron chi connectivity index (χ1n) is 7.78. The van der Waals surface area contributed by atoms with Crippen molar-refractivity contribution in [1.82, 2.24) is 15.1 Å². The zero-order chi connectivity index (χ0) is 14.0. The Kier molecular flexibility index (Phi) is 4.88. The molecule has 2 rings (SSSR count). The first kappa shape index (κ1) is 15.2. The average Bonchev–Trinajstić information content (AvgIpc) is 2.77. The lowest BCUT2D eigenvalue weighted by Gasteiger charge is -2.41. The molecule has 0 amide bonds. The Bertz CT molecular complexity index is 297. The number of nitrogens with one attached hydrogen (secondary N) is 1. The highest BCUT2D eigenvalue weighted by atomic mass is 16.3. The molecule has 1 aliphatic heterocycles. The fraction of sp³-hybridized carbons (Fsp3) is 1.00. The minimum atomic E-state index is -0.0363. The van der Waals surface area contributed by atoms with E-state index < -0.39 is 0 Å². The van der Waals surface area contributed by atoms with E-state index >= 15 is 0 Å². The van der Waals surface area contributed by atoms with Crippen molar-refractivity contribution < 1.29 is 5.11 Å². The van der Waals surface area contributed by atoms with Gasteiger partial charge in [-0.25, -0.2) is 0 Å². The summed E-state index contributed by atoms with van der Waals surface area (Å²) >= 11 is 0. The van der Waals surface area contributed by atoms with Crippen LogP contribution in [0.2, 0.25) is 0 Å². The van der Waals surface area contributed by atoms with E-state index in [4.69, 9.17) is 0 Å². The molecule has 0 aromatic heterocycles. The van der Waals surface area contributed by atoms with Crippen LogP contribution in [0.4, 0.5) is 0 Å². The second-order valence-electron chi connectivity index (χ2n) is 6.96. The van der Waals surface area contributed by atoms with Crippen molar-refractivity contribution in [3.8, 4) is 0 Å². The minimum absolute atomic E-state index is 0.0363. The van der Waals surface area contributed by atoms with Gasteiger partial charge in [-0.3, -0.25) is 4.90 Å². The van der Waals surface area contributed by atoms with Crippen LogP contribution in [0.15, 0.2) is 0 Å². The zero-order valence-corrected chi connectivity index (χ0v) is 13.0. The summed E-state index contributed by atoms with van der Waals surface area (Å²) < 4.78 is 0. The van der Waals surface area contributed by atoms with Crippen molar-refractivity contribution in [2.75, 3.05) is 33.3 Å². The molecule has 3 unspecified atom stereocenters. The van der Waals surface area contributed by atoms with Crippen LogP contribution in [0.5, 0.6) is 0 Å². The van der Waals surface area contributed by atoms with Crippen molar-refractivity contribution in [3.63, 3.8) is 0 Å². The second kappa shape index (κ2) is 6.08. The summed E-state index contributed by atoms with van der Waals surface area (Å²) in [6.45, 7) is 10.4. The van der Waals surface area contributed by atoms with Gasteiger partial charge < -0.3 is 15.3 Å². The van der Waals surface area contributed by atoms with Gasteiger partial charge in [0.25, 0.3) is 0 Å². The molecule has 2 aliphatic rings. The molecule has 4 nitrogen and oxygen atoms in total. The number of nitrogens with zero attached hydrogens (tertiary/aromatic N) is 2. The quantitative estimate of drug-likeness (QED) is 0.795. The molecule has 4 heteroatoms. The van der Waals surface area contributed by atoms with Crippen LogP contribution in [0.25, 0.3) is 0 Å². The summed E-state index contributed by atoms with van der Waals surface area (Å²) in [5.74, 6) is 0. The molecule has 2 fully saturated rings. The maximum Gasteiger partial charge on any atom is 0.0614 e. The van der Waals surface area contributed by atoms with Crippen molar-refractivity contribution >= 4 is 0 Å². The van der Waals surface area contributed by atoms with E-state index in [2.05, 4.69) is 42.9 Å². The molecule has 0 radical (unpaired) electrons. The van der Waals surface area contributed by atoms with E-state index in [9.17, 15) is 5.11 Å². The highest BCUT2D eigenvalue weighted by Crippen LogP contribution is 2.34. The summed E-state index contributed by atoms with van der Waals surface area (Å²) in [5.41, 5.74) is -0.0363. The van der Waals surface area contributed by atoms with Gasteiger partial charge in [-0.05, 0) is 33.2 Å². The van der Waals surface area contributed by atoms with Gasteiger partial charge >= 0.3 is 0 Å². The molecule has 0 bridgehead atoms. The molecular formula is C15H31N3O. The molecule has 1 heterocycles. The van der Waals surface area contributed by atoms with Crippen LogP contribution in [0.3, 0.4) is 0 Å². The van der Waals surface area contributed by atoms with Gasteiger partial charge in [0.1, 0.15) is 0 Å². The largest absolute Gasteiger partial charge is 0.394 e. The molecule has 1 saturated carbocycles. The first-order valence-corrected chi connectivity index (χ1v) is 7.78. The lowest BCUT2D eigenvalue weighted by molar-refractivity contribution is 0.0662. The Hall–Kier alpha value is -0.160. The number of aliphatic hydroxyl groups is 1. The van der Waals surface area contributed by atoms with Crippen LogP contribution in [0.1, 0.15) is 40.0 Å². The molecule has 0 aromatic carbocycles. The average molecular weight is 269 g/mol. The monoisotopic (exact) mass is 269 g/mol. The molecule has 0 spiro atoms. The Morgan fingerprint density at radius 3 is 2.68 bits per heavy atom. The number of likely N-dealkylation sites (N-methyl/N-ethyl adjacent to an activating group) is 1. The van der Waals surface area contributed by atoms with Gasteiger partial charge in [-0.1, -0.05) is 13.8 Å². The fourth-order valence-electron chi connectivity index (χ4n) is 3.75. The smallest absolute Gasteiger partial charge is 0.0614 e. The van der Waals surface area contributed by atoms with Crippen LogP contribution < -0.4 is 5.32 Å². The van der Waals surface area contributed by atoms with Gasteiger partial charge in [0.15, 0.2) is 0 Å². The Morgan fingerprint density at radius 2 is 2.11 bits per heavy atom. The second-order valence-corrected chi connectivity index (χ2v) is 6.96. The number of piperazine rings is 1. The van der Waals surface area contributed by atoms with Crippen molar-refractivity contribution in [2.24, 2.45) is 0 Å². The van der Waals surface area contributed by atoms with E-state index in [-0.39, 0.29) is 12.1 Å². The molecule has 1 saturated heterocycles. The molecule has 3 atom stereocenters. The lowest BCUT2D eigenvalue weighted by Crippen LogP contribution is -2.55. The normalized spacial score (nSPS) is 38.2. The van der Waals surface area contributed by atoms with Gasteiger partial charge in [-0.15, -0.1) is 0 Å². The highest BCUT2D eigenvalue weighted by Gasteiger charge is 2.41. The summed E-state index contributed by atoms with van der Waals surface area (Å²) in [6, 6.07) is 1.74. The zero-order valence-electron chi connectivity index (χ0n) is 13.0. The topological polar surface area (TPSA) is 38.7 Å². The summed E-state index contributed by atoms with van der Waals surface area (Å²) in [6.07, 6.45) is 3.42. The maximum atomic E-state index is 9.79.